The molecule has 1 fully saturated rings. The van der Waals surface area contributed by atoms with Crippen molar-refractivity contribution in [3.63, 3.8) is 0 Å². The summed E-state index contributed by atoms with van der Waals surface area (Å²) in [6, 6.07) is 6.23. The zero-order valence-corrected chi connectivity index (χ0v) is 17.9. The molecule has 3 heterocycles. The molecule has 1 atom stereocenters. The van der Waals surface area contributed by atoms with Crippen molar-refractivity contribution in [1.29, 1.82) is 0 Å². The largest absolute Gasteiger partial charge is 0.381 e. The summed E-state index contributed by atoms with van der Waals surface area (Å²) < 4.78 is 20.6. The number of amides is 1. The van der Waals surface area contributed by atoms with Gasteiger partial charge in [0, 0.05) is 32.0 Å². The smallest absolute Gasteiger partial charge is 0.255 e. The lowest BCUT2D eigenvalue weighted by molar-refractivity contribution is 0.0903. The minimum atomic E-state index is -0.296. The summed E-state index contributed by atoms with van der Waals surface area (Å²) in [4.78, 5) is 17.8. The molecule has 31 heavy (non-hydrogen) atoms. The highest BCUT2D eigenvalue weighted by atomic mass is 19.1. The van der Waals surface area contributed by atoms with Gasteiger partial charge in [-0.25, -0.2) is 14.1 Å². The first kappa shape index (κ1) is 21.2. The van der Waals surface area contributed by atoms with Crippen LogP contribution in [0.5, 0.6) is 0 Å². The molecule has 0 saturated carbocycles. The Morgan fingerprint density at radius 2 is 1.97 bits per heavy atom. The number of rotatable bonds is 7. The standard InChI is InChI=1S/C23H28FN5O2/c1-3-20(15-5-7-16(24)8-6-15)28-23(30)19-13-25-22-18(14-26-29(22)4-2)21(19)27-17-9-11-31-12-10-17/h5-8,13-14,17,20H,3-4,9-12H2,1-2H3,(H,25,27)(H,28,30). The first-order valence-corrected chi connectivity index (χ1v) is 10.9. The number of nitrogens with one attached hydrogen (secondary N) is 2. The average molecular weight is 426 g/mol. The number of carbonyl (C=O) groups is 1. The number of aromatic nitrogens is 3. The van der Waals surface area contributed by atoms with Crippen LogP contribution in [0.25, 0.3) is 11.0 Å². The molecule has 2 N–H and O–H groups in total. The first-order valence-electron chi connectivity index (χ1n) is 10.9. The summed E-state index contributed by atoms with van der Waals surface area (Å²) in [5.41, 5.74) is 2.85. The molecule has 0 spiro atoms. The SMILES string of the molecule is CCC(NC(=O)c1cnc2c(cnn2CC)c1NC1CCOCC1)c1ccc(F)cc1. The minimum Gasteiger partial charge on any atom is -0.381 e. The van der Waals surface area contributed by atoms with Crippen molar-refractivity contribution in [1.82, 2.24) is 20.1 Å². The van der Waals surface area contributed by atoms with Gasteiger partial charge in [-0.1, -0.05) is 19.1 Å². The van der Waals surface area contributed by atoms with Gasteiger partial charge >= 0.3 is 0 Å². The Kier molecular flexibility index (Phi) is 6.46. The molecular formula is C23H28FN5O2. The van der Waals surface area contributed by atoms with Gasteiger partial charge in [0.05, 0.1) is 28.9 Å². The van der Waals surface area contributed by atoms with Crippen LogP contribution >= 0.6 is 0 Å². The number of hydrogen-bond acceptors (Lipinski definition) is 5. The Morgan fingerprint density at radius 1 is 1.23 bits per heavy atom. The van der Waals surface area contributed by atoms with E-state index in [1.54, 1.807) is 24.5 Å². The second-order valence-electron chi connectivity index (χ2n) is 7.76. The van der Waals surface area contributed by atoms with Crippen molar-refractivity contribution in [2.75, 3.05) is 18.5 Å². The number of ether oxygens (including phenoxy) is 1. The van der Waals surface area contributed by atoms with Crippen molar-refractivity contribution in [3.8, 4) is 0 Å². The quantitative estimate of drug-likeness (QED) is 0.597. The number of carbonyl (C=O) groups excluding carboxylic acids is 1. The molecule has 3 aromatic rings. The molecule has 164 valence electrons. The van der Waals surface area contributed by atoms with E-state index in [1.165, 1.54) is 12.1 Å². The van der Waals surface area contributed by atoms with Gasteiger partial charge in [0.25, 0.3) is 5.91 Å². The zero-order chi connectivity index (χ0) is 21.8. The van der Waals surface area contributed by atoms with E-state index in [0.29, 0.717) is 31.7 Å². The Bertz CT molecular complexity index is 1040. The lowest BCUT2D eigenvalue weighted by Crippen LogP contribution is -2.32. The predicted molar refractivity (Wildman–Crippen MR) is 118 cm³/mol. The summed E-state index contributed by atoms with van der Waals surface area (Å²) >= 11 is 0. The number of anilines is 1. The van der Waals surface area contributed by atoms with Gasteiger partial charge in [-0.15, -0.1) is 0 Å². The van der Waals surface area contributed by atoms with Crippen LogP contribution in [0.1, 0.15) is 55.1 Å². The fourth-order valence-electron chi connectivity index (χ4n) is 3.98. The van der Waals surface area contributed by atoms with Crippen LogP contribution in [0.15, 0.2) is 36.7 Å². The van der Waals surface area contributed by atoms with Gasteiger partial charge in [0.15, 0.2) is 5.65 Å². The number of aryl methyl sites for hydroxylation is 1. The summed E-state index contributed by atoms with van der Waals surface area (Å²) in [6.07, 6.45) is 5.82. The van der Waals surface area contributed by atoms with Crippen molar-refractivity contribution in [3.05, 3.63) is 53.6 Å². The average Bonchev–Trinajstić information content (AvgIpc) is 3.22. The lowest BCUT2D eigenvalue weighted by atomic mass is 10.0. The molecule has 1 amide bonds. The monoisotopic (exact) mass is 425 g/mol. The third-order valence-electron chi connectivity index (χ3n) is 5.77. The highest BCUT2D eigenvalue weighted by Crippen LogP contribution is 2.29. The van der Waals surface area contributed by atoms with Crippen molar-refractivity contribution in [2.24, 2.45) is 0 Å². The maximum absolute atomic E-state index is 13.3. The van der Waals surface area contributed by atoms with Gasteiger partial charge in [0.2, 0.25) is 0 Å². The Balaban J connectivity index is 1.66. The van der Waals surface area contributed by atoms with E-state index in [2.05, 4.69) is 20.7 Å². The van der Waals surface area contributed by atoms with Crippen LogP contribution in [0, 0.1) is 5.82 Å². The number of fused-ring (bicyclic) bond motifs is 1. The third kappa shape index (κ3) is 4.54. The highest BCUT2D eigenvalue weighted by Gasteiger charge is 2.23. The molecule has 1 aliphatic heterocycles. The normalized spacial score (nSPS) is 15.7. The molecule has 8 heteroatoms. The Labute approximate surface area is 181 Å². The Morgan fingerprint density at radius 3 is 2.65 bits per heavy atom. The van der Waals surface area contributed by atoms with Gasteiger partial charge in [0.1, 0.15) is 5.82 Å². The van der Waals surface area contributed by atoms with Gasteiger partial charge in [-0.2, -0.15) is 5.10 Å². The van der Waals surface area contributed by atoms with E-state index in [1.807, 2.05) is 18.5 Å². The van der Waals surface area contributed by atoms with Crippen molar-refractivity contribution in [2.45, 2.75) is 51.7 Å². The molecule has 2 aromatic heterocycles. The first-order chi connectivity index (χ1) is 15.1. The second kappa shape index (κ2) is 9.43. The number of benzene rings is 1. The third-order valence-corrected chi connectivity index (χ3v) is 5.77. The molecule has 7 nitrogen and oxygen atoms in total. The topological polar surface area (TPSA) is 81.1 Å². The number of hydrogen-bond donors (Lipinski definition) is 2. The van der Waals surface area contributed by atoms with Crippen LogP contribution in [-0.2, 0) is 11.3 Å². The number of halogens is 1. The molecule has 1 unspecified atom stereocenters. The fourth-order valence-corrected chi connectivity index (χ4v) is 3.98. The molecule has 0 bridgehead atoms. The van der Waals surface area contributed by atoms with Crippen molar-refractivity contribution < 1.29 is 13.9 Å². The molecule has 0 radical (unpaired) electrons. The number of pyridine rings is 1. The van der Waals surface area contributed by atoms with Crippen LogP contribution in [-0.4, -0.2) is 39.9 Å². The van der Waals surface area contributed by atoms with Crippen LogP contribution in [0.4, 0.5) is 10.1 Å². The van der Waals surface area contributed by atoms with E-state index >= 15 is 0 Å². The van der Waals surface area contributed by atoms with Crippen molar-refractivity contribution >= 4 is 22.6 Å². The summed E-state index contributed by atoms with van der Waals surface area (Å²) in [6.45, 7) is 6.09. The van der Waals surface area contributed by atoms with E-state index in [9.17, 15) is 9.18 Å². The van der Waals surface area contributed by atoms with E-state index in [0.717, 1.165) is 35.1 Å². The Hall–Kier alpha value is -3.00. The summed E-state index contributed by atoms with van der Waals surface area (Å²) in [7, 11) is 0. The predicted octanol–water partition coefficient (Wildman–Crippen LogP) is 4.06. The molecule has 4 rings (SSSR count). The van der Waals surface area contributed by atoms with Crippen LogP contribution in [0.2, 0.25) is 0 Å². The maximum Gasteiger partial charge on any atom is 0.255 e. The minimum absolute atomic E-state index is 0.218. The van der Waals surface area contributed by atoms with E-state index in [4.69, 9.17) is 4.74 Å². The number of nitrogens with zero attached hydrogens (tertiary/aromatic N) is 3. The second-order valence-corrected chi connectivity index (χ2v) is 7.76. The summed E-state index contributed by atoms with van der Waals surface area (Å²) in [5, 5.41) is 11.9. The molecule has 1 saturated heterocycles. The lowest BCUT2D eigenvalue weighted by Gasteiger charge is -2.26. The van der Waals surface area contributed by atoms with Crippen LogP contribution in [0.3, 0.4) is 0 Å². The van der Waals surface area contributed by atoms with E-state index < -0.39 is 0 Å². The molecule has 1 aromatic carbocycles. The molecule has 1 aliphatic rings. The van der Waals surface area contributed by atoms with E-state index in [-0.39, 0.29) is 23.8 Å². The summed E-state index contributed by atoms with van der Waals surface area (Å²) in [5.74, 6) is -0.514. The fraction of sp³-hybridized carbons (Fsp3) is 0.435. The molecular weight excluding hydrogens is 397 g/mol. The maximum atomic E-state index is 13.3. The zero-order valence-electron chi connectivity index (χ0n) is 17.9. The highest BCUT2D eigenvalue weighted by molar-refractivity contribution is 6.06. The van der Waals surface area contributed by atoms with Gasteiger partial charge in [-0.05, 0) is 43.9 Å². The molecule has 0 aliphatic carbocycles. The van der Waals surface area contributed by atoms with Gasteiger partial charge < -0.3 is 15.4 Å². The van der Waals surface area contributed by atoms with Gasteiger partial charge in [-0.3, -0.25) is 4.79 Å². The van der Waals surface area contributed by atoms with Crippen LogP contribution < -0.4 is 10.6 Å².